The Morgan fingerprint density at radius 1 is 1.18 bits per heavy atom. The molecule has 4 rings (SSSR count). The number of amides is 1. The number of hydrogen-bond donors (Lipinski definition) is 1. The number of aryl methyl sites for hydroxylation is 1. The molecule has 0 spiro atoms. The number of aromatic nitrogens is 1. The first-order valence-electron chi connectivity index (χ1n) is 9.91. The van der Waals surface area contributed by atoms with E-state index < -0.39 is 0 Å². The van der Waals surface area contributed by atoms with Crippen molar-refractivity contribution >= 4 is 5.91 Å². The Balaban J connectivity index is 1.69. The van der Waals surface area contributed by atoms with Crippen molar-refractivity contribution in [3.63, 3.8) is 0 Å². The van der Waals surface area contributed by atoms with Crippen LogP contribution in [-0.2, 0) is 6.54 Å². The average molecular weight is 380 g/mol. The fraction of sp³-hybridized carbons (Fsp3) is 0.348. The Hall–Kier alpha value is -2.82. The van der Waals surface area contributed by atoms with Crippen molar-refractivity contribution in [1.29, 1.82) is 0 Å². The molecule has 1 aromatic carbocycles. The molecule has 5 heteroatoms. The molecule has 2 aromatic heterocycles. The van der Waals surface area contributed by atoms with Crippen LogP contribution in [0.15, 0.2) is 53.3 Å². The van der Waals surface area contributed by atoms with Crippen LogP contribution in [-0.4, -0.2) is 16.5 Å². The van der Waals surface area contributed by atoms with E-state index in [1.807, 2.05) is 29.8 Å². The van der Waals surface area contributed by atoms with Gasteiger partial charge in [0.15, 0.2) is 0 Å². The molecular weight excluding hydrogens is 355 g/mol. The molecule has 0 radical (unpaired) electrons. The van der Waals surface area contributed by atoms with Crippen molar-refractivity contribution < 1.29 is 13.6 Å². The first-order chi connectivity index (χ1) is 13.6. The summed E-state index contributed by atoms with van der Waals surface area (Å²) in [4.78, 5) is 13.3. The zero-order valence-electron chi connectivity index (χ0n) is 16.1. The van der Waals surface area contributed by atoms with Gasteiger partial charge in [-0.25, -0.2) is 4.39 Å². The highest BCUT2D eigenvalue weighted by molar-refractivity contribution is 6.00. The smallest absolute Gasteiger partial charge is 0.268 e. The van der Waals surface area contributed by atoms with E-state index in [0.29, 0.717) is 18.0 Å². The molecule has 1 aliphatic rings. The highest BCUT2D eigenvalue weighted by Gasteiger charge is 2.25. The van der Waals surface area contributed by atoms with Gasteiger partial charge in [0.1, 0.15) is 17.3 Å². The third-order valence-corrected chi connectivity index (χ3v) is 5.46. The largest absolute Gasteiger partial charge is 0.464 e. The third kappa shape index (κ3) is 3.88. The maximum atomic E-state index is 13.3. The molecule has 0 unspecified atom stereocenters. The summed E-state index contributed by atoms with van der Waals surface area (Å²) in [6.07, 6.45) is 9.20. The predicted molar refractivity (Wildman–Crippen MR) is 107 cm³/mol. The molecule has 1 aliphatic carbocycles. The van der Waals surface area contributed by atoms with Crippen molar-refractivity contribution in [3.05, 3.63) is 71.5 Å². The fourth-order valence-corrected chi connectivity index (χ4v) is 4.08. The maximum absolute atomic E-state index is 13.3. The van der Waals surface area contributed by atoms with Crippen LogP contribution in [0.5, 0.6) is 0 Å². The minimum Gasteiger partial charge on any atom is -0.464 e. The van der Waals surface area contributed by atoms with Crippen LogP contribution in [0.1, 0.15) is 53.7 Å². The van der Waals surface area contributed by atoms with Gasteiger partial charge in [-0.3, -0.25) is 4.79 Å². The number of hydrogen-bond acceptors (Lipinski definition) is 2. The van der Waals surface area contributed by atoms with E-state index in [2.05, 4.69) is 5.32 Å². The van der Waals surface area contributed by atoms with E-state index in [1.165, 1.54) is 18.6 Å². The Kier molecular flexibility index (Phi) is 5.33. The summed E-state index contributed by atoms with van der Waals surface area (Å²) in [6, 6.07) is 10.3. The van der Waals surface area contributed by atoms with Crippen LogP contribution in [0.3, 0.4) is 0 Å². The van der Waals surface area contributed by atoms with Gasteiger partial charge in [0.2, 0.25) is 0 Å². The molecule has 146 valence electrons. The number of nitrogens with one attached hydrogen (secondary N) is 1. The summed E-state index contributed by atoms with van der Waals surface area (Å²) in [5.74, 6) is 0.344. The van der Waals surface area contributed by atoms with Crippen molar-refractivity contribution in [3.8, 4) is 11.3 Å². The summed E-state index contributed by atoms with van der Waals surface area (Å²) in [7, 11) is 0. The van der Waals surface area contributed by atoms with Crippen LogP contribution >= 0.6 is 0 Å². The summed E-state index contributed by atoms with van der Waals surface area (Å²) < 4.78 is 20.8. The van der Waals surface area contributed by atoms with Crippen molar-refractivity contribution in [2.24, 2.45) is 0 Å². The van der Waals surface area contributed by atoms with E-state index >= 15 is 0 Å². The molecule has 0 bridgehead atoms. The zero-order valence-corrected chi connectivity index (χ0v) is 16.1. The Labute approximate surface area is 164 Å². The average Bonchev–Trinajstić information content (AvgIpc) is 3.32. The van der Waals surface area contributed by atoms with Gasteiger partial charge < -0.3 is 14.3 Å². The molecule has 0 saturated heterocycles. The number of benzene rings is 1. The third-order valence-electron chi connectivity index (χ3n) is 5.46. The standard InChI is InChI=1S/C23H25FN2O2/c1-16-14-26(15-17-9-11-18(24)12-10-17)22(21(16)20-8-5-13-28-20)23(27)25-19-6-3-2-4-7-19/h5,8-14,19H,2-4,6-7,15H2,1H3,(H,25,27). The lowest BCUT2D eigenvalue weighted by molar-refractivity contribution is 0.0919. The number of carbonyl (C=O) groups excluding carboxylic acids is 1. The topological polar surface area (TPSA) is 47.2 Å². The van der Waals surface area contributed by atoms with E-state index in [4.69, 9.17) is 4.42 Å². The van der Waals surface area contributed by atoms with Gasteiger partial charge in [-0.2, -0.15) is 0 Å². The Morgan fingerprint density at radius 3 is 2.61 bits per heavy atom. The fourth-order valence-electron chi connectivity index (χ4n) is 4.08. The second-order valence-electron chi connectivity index (χ2n) is 7.58. The summed E-state index contributed by atoms with van der Waals surface area (Å²) in [6.45, 7) is 2.48. The molecule has 4 nitrogen and oxygen atoms in total. The summed E-state index contributed by atoms with van der Waals surface area (Å²) in [5, 5.41) is 3.22. The minimum atomic E-state index is -0.265. The maximum Gasteiger partial charge on any atom is 0.268 e. The highest BCUT2D eigenvalue weighted by Crippen LogP contribution is 2.31. The van der Waals surface area contributed by atoms with Gasteiger partial charge in [-0.1, -0.05) is 31.4 Å². The van der Waals surface area contributed by atoms with E-state index in [-0.39, 0.29) is 17.8 Å². The van der Waals surface area contributed by atoms with Crippen molar-refractivity contribution in [1.82, 2.24) is 9.88 Å². The van der Waals surface area contributed by atoms with Gasteiger partial charge in [-0.15, -0.1) is 0 Å². The Bertz CT molecular complexity index is 936. The van der Waals surface area contributed by atoms with Crippen LogP contribution in [0.2, 0.25) is 0 Å². The van der Waals surface area contributed by atoms with Crippen LogP contribution in [0, 0.1) is 12.7 Å². The normalized spacial score (nSPS) is 14.9. The van der Waals surface area contributed by atoms with E-state index in [9.17, 15) is 9.18 Å². The van der Waals surface area contributed by atoms with Crippen molar-refractivity contribution in [2.45, 2.75) is 51.6 Å². The molecule has 1 fully saturated rings. The molecule has 3 aromatic rings. The van der Waals surface area contributed by atoms with Crippen LogP contribution < -0.4 is 5.32 Å². The minimum absolute atomic E-state index is 0.0755. The number of furan rings is 1. The molecule has 2 heterocycles. The van der Waals surface area contributed by atoms with Gasteiger partial charge in [0, 0.05) is 18.8 Å². The Morgan fingerprint density at radius 2 is 1.93 bits per heavy atom. The molecule has 0 aliphatic heterocycles. The second-order valence-corrected chi connectivity index (χ2v) is 7.58. The first kappa shape index (κ1) is 18.5. The van der Waals surface area contributed by atoms with Crippen LogP contribution in [0.4, 0.5) is 4.39 Å². The van der Waals surface area contributed by atoms with Gasteiger partial charge in [0.25, 0.3) is 5.91 Å². The lowest BCUT2D eigenvalue weighted by Gasteiger charge is -2.23. The lowest BCUT2D eigenvalue weighted by Crippen LogP contribution is -2.37. The first-order valence-corrected chi connectivity index (χ1v) is 9.91. The second kappa shape index (κ2) is 8.05. The zero-order chi connectivity index (χ0) is 19.5. The highest BCUT2D eigenvalue weighted by atomic mass is 19.1. The predicted octanol–water partition coefficient (Wildman–Crippen LogP) is 5.31. The quantitative estimate of drug-likeness (QED) is 0.652. The molecule has 1 saturated carbocycles. The number of carbonyl (C=O) groups is 1. The molecule has 28 heavy (non-hydrogen) atoms. The van der Waals surface area contributed by atoms with E-state index in [1.54, 1.807) is 18.4 Å². The molecule has 1 N–H and O–H groups in total. The van der Waals surface area contributed by atoms with Gasteiger partial charge in [-0.05, 0) is 55.2 Å². The number of halogens is 1. The molecule has 0 atom stereocenters. The SMILES string of the molecule is Cc1cn(Cc2ccc(F)cc2)c(C(=O)NC2CCCCC2)c1-c1ccco1. The van der Waals surface area contributed by atoms with Gasteiger partial charge in [0.05, 0.1) is 11.8 Å². The van der Waals surface area contributed by atoms with Gasteiger partial charge >= 0.3 is 0 Å². The van der Waals surface area contributed by atoms with Crippen LogP contribution in [0.25, 0.3) is 11.3 Å². The number of rotatable bonds is 5. The lowest BCUT2D eigenvalue weighted by atomic mass is 9.95. The molecular formula is C23H25FN2O2. The summed E-state index contributed by atoms with van der Waals surface area (Å²) >= 11 is 0. The van der Waals surface area contributed by atoms with E-state index in [0.717, 1.165) is 42.4 Å². The summed E-state index contributed by atoms with van der Waals surface area (Å²) in [5.41, 5.74) is 3.34. The molecule has 1 amide bonds. The monoisotopic (exact) mass is 380 g/mol. The number of nitrogens with zero attached hydrogens (tertiary/aromatic N) is 1. The van der Waals surface area contributed by atoms with Crippen molar-refractivity contribution in [2.75, 3.05) is 0 Å².